The summed E-state index contributed by atoms with van der Waals surface area (Å²) in [5.74, 6) is 0.747. The van der Waals surface area contributed by atoms with Crippen LogP contribution < -0.4 is 14.2 Å². The zero-order chi connectivity index (χ0) is 20.7. The molecule has 0 aliphatic rings. The smallest absolute Gasteiger partial charge is 0.193 e. The number of hydrogen-bond acceptors (Lipinski definition) is 5. The van der Waals surface area contributed by atoms with Crippen LogP contribution in [0.15, 0.2) is 54.6 Å². The van der Waals surface area contributed by atoms with Crippen LogP contribution in [0.4, 0.5) is 0 Å². The molecular weight excluding hydrogens is 356 g/mol. The minimum absolute atomic E-state index is 0.0643. The van der Waals surface area contributed by atoms with Gasteiger partial charge in [0.1, 0.15) is 28.6 Å². The predicted molar refractivity (Wildman–Crippen MR) is 111 cm³/mol. The molecule has 0 atom stereocenters. The molecule has 2 aromatic carbocycles. The second-order valence-corrected chi connectivity index (χ2v) is 6.07. The number of methoxy groups -OCH3 is 3. The first kappa shape index (κ1) is 20.8. The van der Waals surface area contributed by atoms with E-state index in [2.05, 4.69) is 6.58 Å². The van der Waals surface area contributed by atoms with Gasteiger partial charge in [-0.3, -0.25) is 4.79 Å². The van der Waals surface area contributed by atoms with Gasteiger partial charge in [-0.15, -0.1) is 0 Å². The lowest BCUT2D eigenvalue weighted by Crippen LogP contribution is -2.02. The molecule has 0 saturated heterocycles. The van der Waals surface area contributed by atoms with Crippen molar-refractivity contribution in [3.8, 4) is 23.0 Å². The fourth-order valence-corrected chi connectivity index (χ4v) is 2.56. The third kappa shape index (κ3) is 4.82. The van der Waals surface area contributed by atoms with Gasteiger partial charge in [-0.2, -0.15) is 0 Å². The van der Waals surface area contributed by atoms with Crippen LogP contribution in [0.3, 0.4) is 0 Å². The molecule has 0 unspecified atom stereocenters. The minimum atomic E-state index is -0.391. The van der Waals surface area contributed by atoms with Crippen molar-refractivity contribution < 1.29 is 24.1 Å². The van der Waals surface area contributed by atoms with E-state index in [1.807, 2.05) is 19.1 Å². The van der Waals surface area contributed by atoms with Crippen LogP contribution in [0.5, 0.6) is 23.0 Å². The number of phenolic OH excluding ortho intramolecular Hbond substituents is 1. The van der Waals surface area contributed by atoms with Gasteiger partial charge in [0.25, 0.3) is 0 Å². The first-order valence-corrected chi connectivity index (χ1v) is 8.59. The lowest BCUT2D eigenvalue weighted by Gasteiger charge is -2.14. The van der Waals surface area contributed by atoms with Crippen molar-refractivity contribution in [3.05, 3.63) is 71.3 Å². The molecule has 0 radical (unpaired) electrons. The molecule has 146 valence electrons. The van der Waals surface area contributed by atoms with Gasteiger partial charge in [0.05, 0.1) is 26.9 Å². The maximum atomic E-state index is 12.8. The molecule has 0 amide bonds. The Morgan fingerprint density at radius 3 is 2.14 bits per heavy atom. The Labute approximate surface area is 165 Å². The van der Waals surface area contributed by atoms with Gasteiger partial charge in [0, 0.05) is 6.07 Å². The number of aromatic hydroxyl groups is 1. The molecule has 0 spiro atoms. The van der Waals surface area contributed by atoms with E-state index in [9.17, 15) is 9.90 Å². The maximum Gasteiger partial charge on any atom is 0.193 e. The zero-order valence-corrected chi connectivity index (χ0v) is 16.5. The number of rotatable bonds is 8. The Bertz CT molecular complexity index is 921. The normalized spacial score (nSPS) is 11.0. The second kappa shape index (κ2) is 9.46. The van der Waals surface area contributed by atoms with E-state index in [1.54, 1.807) is 43.5 Å². The van der Waals surface area contributed by atoms with Gasteiger partial charge in [-0.05, 0) is 36.8 Å². The van der Waals surface area contributed by atoms with Crippen LogP contribution in [0, 0.1) is 0 Å². The van der Waals surface area contributed by atoms with Crippen molar-refractivity contribution in [2.24, 2.45) is 0 Å². The average Bonchev–Trinajstić information content (AvgIpc) is 2.70. The maximum absolute atomic E-state index is 12.8. The molecule has 28 heavy (non-hydrogen) atoms. The van der Waals surface area contributed by atoms with E-state index in [-0.39, 0.29) is 17.1 Å². The van der Waals surface area contributed by atoms with E-state index in [0.29, 0.717) is 11.3 Å². The highest BCUT2D eigenvalue weighted by atomic mass is 16.5. The molecule has 0 saturated carbocycles. The van der Waals surface area contributed by atoms with Gasteiger partial charge in [0.2, 0.25) is 0 Å². The second-order valence-electron chi connectivity index (χ2n) is 6.07. The van der Waals surface area contributed by atoms with Crippen molar-refractivity contribution in [2.75, 3.05) is 21.3 Å². The summed E-state index contributed by atoms with van der Waals surface area (Å²) >= 11 is 0. The van der Waals surface area contributed by atoms with Gasteiger partial charge >= 0.3 is 0 Å². The minimum Gasteiger partial charge on any atom is -0.506 e. The summed E-state index contributed by atoms with van der Waals surface area (Å²) in [7, 11) is 4.51. The van der Waals surface area contributed by atoms with Crippen LogP contribution in [0.25, 0.3) is 12.2 Å². The molecule has 0 aromatic heterocycles. The monoisotopic (exact) mass is 380 g/mol. The van der Waals surface area contributed by atoms with Gasteiger partial charge in [-0.25, -0.2) is 0 Å². The molecule has 5 heteroatoms. The number of phenols is 1. The molecule has 5 nitrogen and oxygen atoms in total. The Balaban J connectivity index is 2.46. The fourth-order valence-electron chi connectivity index (χ4n) is 2.56. The average molecular weight is 380 g/mol. The highest BCUT2D eigenvalue weighted by Gasteiger charge is 2.21. The number of ketones is 1. The Kier molecular flexibility index (Phi) is 7.04. The summed E-state index contributed by atoms with van der Waals surface area (Å²) in [6.07, 6.45) is 6.43. The van der Waals surface area contributed by atoms with Crippen LogP contribution >= 0.6 is 0 Å². The number of carbonyl (C=O) groups is 1. The number of benzene rings is 2. The standard InChI is InChI=1S/C23H24O5/c1-15(2)6-12-18-20(27-4)14-21(28-5)22(23(18)25)19(24)13-9-16-7-10-17(26-3)11-8-16/h6-14,25H,1H2,2-5H3. The number of ether oxygens (including phenoxy) is 3. The van der Waals surface area contributed by atoms with E-state index in [0.717, 1.165) is 16.9 Å². The van der Waals surface area contributed by atoms with Crippen molar-refractivity contribution in [2.45, 2.75) is 6.92 Å². The zero-order valence-electron chi connectivity index (χ0n) is 16.5. The van der Waals surface area contributed by atoms with Crippen LogP contribution in [0.2, 0.25) is 0 Å². The first-order valence-electron chi connectivity index (χ1n) is 8.59. The molecule has 1 N–H and O–H groups in total. The molecule has 0 bridgehead atoms. The molecule has 0 fully saturated rings. The topological polar surface area (TPSA) is 65.0 Å². The number of allylic oxidation sites excluding steroid dienone is 3. The van der Waals surface area contributed by atoms with Gasteiger partial charge < -0.3 is 19.3 Å². The molecule has 2 rings (SSSR count). The number of hydrogen-bond donors (Lipinski definition) is 1. The molecular formula is C23H24O5. The summed E-state index contributed by atoms with van der Waals surface area (Å²) in [6, 6.07) is 8.84. The third-order valence-corrected chi connectivity index (χ3v) is 4.03. The van der Waals surface area contributed by atoms with Crippen LogP contribution in [-0.4, -0.2) is 32.2 Å². The fraction of sp³-hybridized carbons (Fsp3) is 0.174. The van der Waals surface area contributed by atoms with Crippen LogP contribution in [0.1, 0.15) is 28.4 Å². The van der Waals surface area contributed by atoms with E-state index < -0.39 is 5.78 Å². The van der Waals surface area contributed by atoms with Gasteiger partial charge in [-0.1, -0.05) is 36.4 Å². The molecule has 0 aliphatic heterocycles. The predicted octanol–water partition coefficient (Wildman–Crippen LogP) is 4.90. The Hall–Kier alpha value is -3.47. The highest BCUT2D eigenvalue weighted by molar-refractivity contribution is 6.11. The first-order chi connectivity index (χ1) is 13.4. The lowest BCUT2D eigenvalue weighted by atomic mass is 10.0. The summed E-state index contributed by atoms with van der Waals surface area (Å²) in [5.41, 5.74) is 2.06. The van der Waals surface area contributed by atoms with E-state index in [1.165, 1.54) is 20.3 Å². The summed E-state index contributed by atoms with van der Waals surface area (Å²) in [4.78, 5) is 12.8. The van der Waals surface area contributed by atoms with Crippen LogP contribution in [-0.2, 0) is 0 Å². The van der Waals surface area contributed by atoms with Gasteiger partial charge in [0.15, 0.2) is 5.78 Å². The molecule has 0 heterocycles. The quantitative estimate of drug-likeness (QED) is 0.401. The Morgan fingerprint density at radius 2 is 1.61 bits per heavy atom. The molecule has 2 aromatic rings. The van der Waals surface area contributed by atoms with Crippen molar-refractivity contribution in [1.29, 1.82) is 0 Å². The number of carbonyl (C=O) groups excluding carboxylic acids is 1. The summed E-state index contributed by atoms with van der Waals surface area (Å²) in [5, 5.41) is 10.7. The van der Waals surface area contributed by atoms with Crippen molar-refractivity contribution >= 4 is 17.9 Å². The van der Waals surface area contributed by atoms with Crippen molar-refractivity contribution in [1.82, 2.24) is 0 Å². The summed E-state index contributed by atoms with van der Waals surface area (Å²) < 4.78 is 15.7. The lowest BCUT2D eigenvalue weighted by molar-refractivity contribution is 0.104. The molecule has 0 aliphatic carbocycles. The van der Waals surface area contributed by atoms with E-state index in [4.69, 9.17) is 14.2 Å². The Morgan fingerprint density at radius 1 is 0.964 bits per heavy atom. The summed E-state index contributed by atoms with van der Waals surface area (Å²) in [6.45, 7) is 5.63. The SMILES string of the molecule is C=C(C)C=Cc1c(OC)cc(OC)c(C(=O)C=Cc2ccc(OC)cc2)c1O. The van der Waals surface area contributed by atoms with E-state index >= 15 is 0 Å². The third-order valence-electron chi connectivity index (χ3n) is 4.03. The highest BCUT2D eigenvalue weighted by Crippen LogP contribution is 2.40. The largest absolute Gasteiger partial charge is 0.506 e. The van der Waals surface area contributed by atoms with Crippen molar-refractivity contribution in [3.63, 3.8) is 0 Å².